The molecule has 0 N–H and O–H groups in total. The normalized spacial score (nSPS) is 20.0. The Bertz CT molecular complexity index is 691. The van der Waals surface area contributed by atoms with Crippen LogP contribution in [0.3, 0.4) is 0 Å². The van der Waals surface area contributed by atoms with Gasteiger partial charge in [0.25, 0.3) is 0 Å². The molecule has 0 aliphatic carbocycles. The van der Waals surface area contributed by atoms with Crippen molar-refractivity contribution in [1.29, 1.82) is 0 Å². The van der Waals surface area contributed by atoms with Crippen LogP contribution in [0, 0.1) is 11.8 Å². The molecule has 0 unspecified atom stereocenters. The van der Waals surface area contributed by atoms with Crippen molar-refractivity contribution in [3.8, 4) is 0 Å². The van der Waals surface area contributed by atoms with Gasteiger partial charge in [0, 0.05) is 30.9 Å². The summed E-state index contributed by atoms with van der Waals surface area (Å²) < 4.78 is 17.9. The molecule has 0 saturated heterocycles. The first-order valence-corrected chi connectivity index (χ1v) is 13.6. The fourth-order valence-corrected chi connectivity index (χ4v) is 4.14. The van der Waals surface area contributed by atoms with Crippen molar-refractivity contribution >= 4 is 14.3 Å². The Morgan fingerprint density at radius 1 is 1.14 bits per heavy atom. The molecule has 5 heteroatoms. The van der Waals surface area contributed by atoms with Gasteiger partial charge in [-0.2, -0.15) is 0 Å². The molecule has 3 atom stereocenters. The van der Waals surface area contributed by atoms with Gasteiger partial charge in [-0.25, -0.2) is 4.79 Å². The van der Waals surface area contributed by atoms with Crippen LogP contribution >= 0.6 is 0 Å². The van der Waals surface area contributed by atoms with Crippen LogP contribution in [-0.4, -0.2) is 33.6 Å². The predicted octanol–water partition coefficient (Wildman–Crippen LogP) is 5.74. The second kappa shape index (κ2) is 10.1. The molecule has 1 aliphatic rings. The molecule has 1 heterocycles. The summed E-state index contributed by atoms with van der Waals surface area (Å²) >= 11 is 0. The smallest absolute Gasteiger partial charge is 0.331 e. The molecule has 0 radical (unpaired) electrons. The number of ether oxygens (including phenoxy) is 2. The van der Waals surface area contributed by atoms with E-state index in [1.807, 2.05) is 18.2 Å². The molecule has 4 nitrogen and oxygen atoms in total. The number of esters is 1. The minimum Gasteiger partial charge on any atom is -0.459 e. The average Bonchev–Trinajstić information content (AvgIpc) is 2.65. The Balaban J connectivity index is 1.87. The largest absolute Gasteiger partial charge is 0.459 e. The molecule has 1 aromatic rings. The molecule has 0 amide bonds. The van der Waals surface area contributed by atoms with Crippen molar-refractivity contribution < 1.29 is 18.7 Å². The zero-order valence-corrected chi connectivity index (χ0v) is 20.2. The summed E-state index contributed by atoms with van der Waals surface area (Å²) in [6, 6.07) is 10.1. The van der Waals surface area contributed by atoms with E-state index in [2.05, 4.69) is 59.8 Å². The van der Waals surface area contributed by atoms with Crippen molar-refractivity contribution in [2.45, 2.75) is 71.9 Å². The van der Waals surface area contributed by atoms with Gasteiger partial charge in [-0.3, -0.25) is 0 Å². The highest BCUT2D eigenvalue weighted by Gasteiger charge is 2.38. The van der Waals surface area contributed by atoms with E-state index < -0.39 is 8.32 Å². The molecule has 0 fully saturated rings. The molecule has 0 bridgehead atoms. The van der Waals surface area contributed by atoms with Crippen LogP contribution in [0.25, 0.3) is 0 Å². The van der Waals surface area contributed by atoms with Crippen molar-refractivity contribution in [2.24, 2.45) is 11.8 Å². The molecular weight excluding hydrogens is 380 g/mol. The third kappa shape index (κ3) is 7.09. The van der Waals surface area contributed by atoms with Gasteiger partial charge < -0.3 is 13.9 Å². The molecule has 0 aromatic heterocycles. The van der Waals surface area contributed by atoms with Crippen LogP contribution in [0.1, 0.15) is 46.6 Å². The number of carbonyl (C=O) groups is 1. The Labute approximate surface area is 177 Å². The van der Waals surface area contributed by atoms with E-state index in [-0.39, 0.29) is 28.9 Å². The number of hydrogen-bond acceptors (Lipinski definition) is 4. The van der Waals surface area contributed by atoms with E-state index >= 15 is 0 Å². The van der Waals surface area contributed by atoms with Gasteiger partial charge in [-0.1, -0.05) is 70.5 Å². The minimum atomic E-state index is -1.81. The second-order valence-electron chi connectivity index (χ2n) is 9.85. The topological polar surface area (TPSA) is 44.8 Å². The number of benzene rings is 1. The molecule has 29 heavy (non-hydrogen) atoms. The van der Waals surface area contributed by atoms with Gasteiger partial charge in [0.2, 0.25) is 0 Å². The van der Waals surface area contributed by atoms with Crippen LogP contribution in [-0.2, 0) is 25.3 Å². The van der Waals surface area contributed by atoms with Crippen LogP contribution < -0.4 is 0 Å². The predicted molar refractivity (Wildman–Crippen MR) is 120 cm³/mol. The highest BCUT2D eigenvalue weighted by Crippen LogP contribution is 2.37. The molecule has 0 spiro atoms. The van der Waals surface area contributed by atoms with Gasteiger partial charge in [-0.05, 0) is 23.7 Å². The van der Waals surface area contributed by atoms with E-state index in [4.69, 9.17) is 13.9 Å². The Kier molecular flexibility index (Phi) is 8.26. The van der Waals surface area contributed by atoms with Gasteiger partial charge in [0.05, 0.1) is 13.2 Å². The van der Waals surface area contributed by atoms with Gasteiger partial charge in [-0.15, -0.1) is 0 Å². The Morgan fingerprint density at radius 3 is 2.41 bits per heavy atom. The van der Waals surface area contributed by atoms with Crippen LogP contribution in [0.4, 0.5) is 0 Å². The molecule has 0 saturated carbocycles. The molecular formula is C24H38O4Si. The summed E-state index contributed by atoms with van der Waals surface area (Å²) in [6.45, 7) is 17.3. The number of hydrogen-bond donors (Lipinski definition) is 0. The highest BCUT2D eigenvalue weighted by molar-refractivity contribution is 6.74. The fraction of sp³-hybridized carbons (Fsp3) is 0.625. The maximum atomic E-state index is 12.2. The number of rotatable bonds is 9. The maximum absolute atomic E-state index is 12.2. The summed E-state index contributed by atoms with van der Waals surface area (Å²) in [5.41, 5.74) is 2.27. The van der Waals surface area contributed by atoms with Crippen molar-refractivity contribution in [2.75, 3.05) is 13.2 Å². The fourth-order valence-electron chi connectivity index (χ4n) is 3.03. The Morgan fingerprint density at radius 2 is 1.79 bits per heavy atom. The van der Waals surface area contributed by atoms with E-state index in [9.17, 15) is 4.79 Å². The standard InChI is InChI=1S/C24H38O4Si/c1-18(15-26-17-20-11-9-8-10-12-20)21-13-22(28-23(25)14-21)19(2)16-27-29(6,7)24(3,4)5/h8-12,14,18-19,22H,13,15-17H2,1-7H3/t18-,19-,22+/m1/s1. The minimum absolute atomic E-state index is 0.135. The van der Waals surface area contributed by atoms with E-state index in [0.717, 1.165) is 17.6 Å². The highest BCUT2D eigenvalue weighted by atomic mass is 28.4. The van der Waals surface area contributed by atoms with Crippen LogP contribution in [0.15, 0.2) is 42.0 Å². The summed E-state index contributed by atoms with van der Waals surface area (Å²) in [5, 5.41) is 0.172. The lowest BCUT2D eigenvalue weighted by Crippen LogP contribution is -2.43. The Hall–Kier alpha value is -1.43. The van der Waals surface area contributed by atoms with Crippen molar-refractivity contribution in [1.82, 2.24) is 0 Å². The van der Waals surface area contributed by atoms with Gasteiger partial charge >= 0.3 is 5.97 Å². The SMILES string of the molecule is C[C@H](COCc1ccccc1)C1=CC(=O)O[C@H]([C@H](C)CO[Si](C)(C)C(C)(C)C)C1. The van der Waals surface area contributed by atoms with E-state index in [0.29, 0.717) is 19.8 Å². The van der Waals surface area contributed by atoms with Gasteiger partial charge in [0.1, 0.15) is 6.10 Å². The first-order valence-electron chi connectivity index (χ1n) is 10.7. The maximum Gasteiger partial charge on any atom is 0.331 e. The van der Waals surface area contributed by atoms with Crippen LogP contribution in [0.5, 0.6) is 0 Å². The lowest BCUT2D eigenvalue weighted by molar-refractivity contribution is -0.147. The summed E-state index contributed by atoms with van der Waals surface area (Å²) in [4.78, 5) is 12.2. The molecule has 1 aliphatic heterocycles. The van der Waals surface area contributed by atoms with Gasteiger partial charge in [0.15, 0.2) is 8.32 Å². The lowest BCUT2D eigenvalue weighted by Gasteiger charge is -2.38. The van der Waals surface area contributed by atoms with Crippen LogP contribution in [0.2, 0.25) is 18.1 Å². The molecule has 1 aromatic carbocycles. The first-order chi connectivity index (χ1) is 13.5. The zero-order valence-electron chi connectivity index (χ0n) is 19.2. The summed E-state index contributed by atoms with van der Waals surface area (Å²) in [5.74, 6) is 0.0992. The van der Waals surface area contributed by atoms with E-state index in [1.165, 1.54) is 0 Å². The molecule has 2 rings (SSSR count). The monoisotopic (exact) mass is 418 g/mol. The first kappa shape index (κ1) is 23.8. The summed E-state index contributed by atoms with van der Waals surface area (Å²) in [7, 11) is -1.81. The number of cyclic esters (lactones) is 1. The lowest BCUT2D eigenvalue weighted by atomic mass is 9.89. The third-order valence-corrected chi connectivity index (χ3v) is 10.8. The third-order valence-electron chi connectivity index (χ3n) is 6.27. The van der Waals surface area contributed by atoms with E-state index in [1.54, 1.807) is 6.08 Å². The van der Waals surface area contributed by atoms with Crippen molar-refractivity contribution in [3.05, 3.63) is 47.5 Å². The van der Waals surface area contributed by atoms with Crippen molar-refractivity contribution in [3.63, 3.8) is 0 Å². The number of carbonyl (C=O) groups excluding carboxylic acids is 1. The average molecular weight is 419 g/mol. The summed E-state index contributed by atoms with van der Waals surface area (Å²) in [6.07, 6.45) is 2.27. The second-order valence-corrected chi connectivity index (χ2v) is 14.7. The molecule has 162 valence electrons. The zero-order chi connectivity index (χ0) is 21.7. The quantitative estimate of drug-likeness (QED) is 0.379.